The van der Waals surface area contributed by atoms with Gasteiger partial charge in [-0.25, -0.2) is 4.98 Å². The molecule has 8 nitrogen and oxygen atoms in total. The molecule has 0 spiro atoms. The van der Waals surface area contributed by atoms with Gasteiger partial charge in [0, 0.05) is 24.3 Å². The van der Waals surface area contributed by atoms with Gasteiger partial charge in [-0.2, -0.15) is 14.6 Å². The highest BCUT2D eigenvalue weighted by molar-refractivity contribution is 5.79. The van der Waals surface area contributed by atoms with Gasteiger partial charge in [0.2, 0.25) is 5.91 Å². The lowest BCUT2D eigenvalue weighted by Gasteiger charge is -2.36. The summed E-state index contributed by atoms with van der Waals surface area (Å²) in [5.41, 5.74) is 7.50. The highest BCUT2D eigenvalue weighted by Crippen LogP contribution is 2.34. The number of anilines is 1. The minimum atomic E-state index is -0.400. The van der Waals surface area contributed by atoms with Crippen LogP contribution in [-0.4, -0.2) is 50.8 Å². The molecule has 0 radical (unpaired) electrons. The van der Waals surface area contributed by atoms with Crippen LogP contribution in [-0.2, 0) is 9.53 Å². The second-order valence-corrected chi connectivity index (χ2v) is 7.09. The molecule has 4 heterocycles. The van der Waals surface area contributed by atoms with E-state index in [2.05, 4.69) is 26.9 Å². The molecule has 2 atom stereocenters. The molecule has 25 heavy (non-hydrogen) atoms. The van der Waals surface area contributed by atoms with Crippen LogP contribution in [0.5, 0.6) is 0 Å². The van der Waals surface area contributed by atoms with Crippen LogP contribution in [0.15, 0.2) is 6.33 Å². The average Bonchev–Trinajstić information content (AvgIpc) is 3.25. The van der Waals surface area contributed by atoms with Crippen molar-refractivity contribution in [1.82, 2.24) is 19.6 Å². The first-order chi connectivity index (χ1) is 12.0. The predicted molar refractivity (Wildman–Crippen MR) is 92.3 cm³/mol. The number of aryl methyl sites for hydroxylation is 1. The van der Waals surface area contributed by atoms with Crippen molar-refractivity contribution >= 4 is 17.5 Å². The van der Waals surface area contributed by atoms with E-state index in [9.17, 15) is 4.79 Å². The third-order valence-electron chi connectivity index (χ3n) is 5.61. The Bertz CT molecular complexity index is 796. The van der Waals surface area contributed by atoms with Crippen LogP contribution >= 0.6 is 0 Å². The van der Waals surface area contributed by atoms with Crippen LogP contribution in [0.2, 0.25) is 0 Å². The number of piperidine rings is 1. The molecule has 4 rings (SSSR count). The van der Waals surface area contributed by atoms with E-state index in [-0.39, 0.29) is 12.0 Å². The number of nitrogens with two attached hydrogens (primary N) is 1. The molecule has 2 fully saturated rings. The predicted octanol–water partition coefficient (Wildman–Crippen LogP) is 0.990. The van der Waals surface area contributed by atoms with E-state index in [0.29, 0.717) is 11.7 Å². The smallest absolute Gasteiger partial charge is 0.254 e. The molecule has 8 heteroatoms. The van der Waals surface area contributed by atoms with Crippen molar-refractivity contribution in [2.45, 2.75) is 51.7 Å². The third kappa shape index (κ3) is 2.84. The van der Waals surface area contributed by atoms with Crippen LogP contribution in [0.1, 0.15) is 36.9 Å². The summed E-state index contributed by atoms with van der Waals surface area (Å²) < 4.78 is 7.70. The second kappa shape index (κ2) is 6.25. The topological polar surface area (TPSA) is 98.6 Å². The number of fused-ring (bicyclic) bond motifs is 1. The standard InChI is InChI=1S/C17H24N6O2/c1-10-11(2)21-17-19-9-20-23(17)16(10)22-7-5-12(6-8-22)13-3-4-14(25-13)15(18)24/h9,12-14H,3-8H2,1-2H3,(H2,18,24)/t13-,14+/m0/s1. The van der Waals surface area contributed by atoms with Crippen molar-refractivity contribution in [3.05, 3.63) is 17.6 Å². The number of carbonyl (C=O) groups is 1. The molecule has 2 aromatic heterocycles. The lowest BCUT2D eigenvalue weighted by Crippen LogP contribution is -2.40. The second-order valence-electron chi connectivity index (χ2n) is 7.09. The largest absolute Gasteiger partial charge is 0.367 e. The van der Waals surface area contributed by atoms with Gasteiger partial charge < -0.3 is 15.4 Å². The summed E-state index contributed by atoms with van der Waals surface area (Å²) >= 11 is 0. The Hall–Kier alpha value is -2.22. The highest BCUT2D eigenvalue weighted by atomic mass is 16.5. The molecule has 0 bridgehead atoms. The van der Waals surface area contributed by atoms with E-state index >= 15 is 0 Å². The molecule has 0 aromatic carbocycles. The first-order valence-electron chi connectivity index (χ1n) is 8.91. The normalized spacial score (nSPS) is 25.0. The van der Waals surface area contributed by atoms with Gasteiger partial charge in [-0.3, -0.25) is 4.79 Å². The Morgan fingerprint density at radius 3 is 2.68 bits per heavy atom. The van der Waals surface area contributed by atoms with Crippen molar-refractivity contribution in [1.29, 1.82) is 0 Å². The summed E-state index contributed by atoms with van der Waals surface area (Å²) in [6.07, 6.45) is 5.06. The number of hydrogen-bond acceptors (Lipinski definition) is 6. The number of primary amides is 1. The van der Waals surface area contributed by atoms with Crippen LogP contribution < -0.4 is 10.6 Å². The first-order valence-corrected chi connectivity index (χ1v) is 8.91. The Labute approximate surface area is 146 Å². The quantitative estimate of drug-likeness (QED) is 0.891. The lowest BCUT2D eigenvalue weighted by atomic mass is 9.89. The molecule has 2 N–H and O–H groups in total. The first kappa shape index (κ1) is 16.3. The van der Waals surface area contributed by atoms with E-state index in [1.165, 1.54) is 0 Å². The number of amides is 1. The number of nitrogens with zero attached hydrogens (tertiary/aromatic N) is 5. The van der Waals surface area contributed by atoms with Crippen molar-refractivity contribution < 1.29 is 9.53 Å². The summed E-state index contributed by atoms with van der Waals surface area (Å²) in [6.45, 7) is 5.97. The zero-order chi connectivity index (χ0) is 17.6. The van der Waals surface area contributed by atoms with Gasteiger partial charge in [0.05, 0.1) is 6.10 Å². The van der Waals surface area contributed by atoms with Gasteiger partial charge in [0.1, 0.15) is 18.2 Å². The molecule has 1 amide bonds. The molecular formula is C17H24N6O2. The Morgan fingerprint density at radius 2 is 2.00 bits per heavy atom. The van der Waals surface area contributed by atoms with E-state index in [1.54, 1.807) is 6.33 Å². The van der Waals surface area contributed by atoms with E-state index < -0.39 is 6.10 Å². The van der Waals surface area contributed by atoms with Crippen molar-refractivity contribution in [2.24, 2.45) is 11.7 Å². The van der Waals surface area contributed by atoms with Gasteiger partial charge in [-0.15, -0.1) is 0 Å². The summed E-state index contributed by atoms with van der Waals surface area (Å²) in [5, 5.41) is 4.35. The van der Waals surface area contributed by atoms with E-state index in [0.717, 1.165) is 55.8 Å². The Morgan fingerprint density at radius 1 is 1.24 bits per heavy atom. The molecule has 2 aliphatic rings. The highest BCUT2D eigenvalue weighted by Gasteiger charge is 2.36. The number of rotatable bonds is 3. The van der Waals surface area contributed by atoms with Crippen LogP contribution in [0.3, 0.4) is 0 Å². The zero-order valence-corrected chi connectivity index (χ0v) is 14.7. The maximum Gasteiger partial charge on any atom is 0.254 e. The zero-order valence-electron chi connectivity index (χ0n) is 14.7. The molecule has 2 saturated heterocycles. The fourth-order valence-corrected chi connectivity index (χ4v) is 4.09. The molecule has 2 aliphatic heterocycles. The van der Waals surface area contributed by atoms with Gasteiger partial charge in [0.25, 0.3) is 5.78 Å². The van der Waals surface area contributed by atoms with Gasteiger partial charge in [0.15, 0.2) is 0 Å². The maximum atomic E-state index is 11.3. The van der Waals surface area contributed by atoms with Crippen LogP contribution in [0, 0.1) is 19.8 Å². The molecule has 134 valence electrons. The third-order valence-corrected chi connectivity index (χ3v) is 5.61. The molecule has 0 aliphatic carbocycles. The number of carbonyl (C=O) groups excluding carboxylic acids is 1. The Kier molecular flexibility index (Phi) is 4.07. The van der Waals surface area contributed by atoms with Crippen molar-refractivity contribution in [3.8, 4) is 0 Å². The minimum Gasteiger partial charge on any atom is -0.367 e. The van der Waals surface area contributed by atoms with Crippen molar-refractivity contribution in [2.75, 3.05) is 18.0 Å². The molecule has 2 aromatic rings. The maximum absolute atomic E-state index is 11.3. The molecular weight excluding hydrogens is 320 g/mol. The number of ether oxygens (including phenoxy) is 1. The summed E-state index contributed by atoms with van der Waals surface area (Å²) in [6, 6.07) is 0. The van der Waals surface area contributed by atoms with Gasteiger partial charge in [-0.05, 0) is 45.4 Å². The number of hydrogen-bond donors (Lipinski definition) is 1. The molecule has 0 unspecified atom stereocenters. The minimum absolute atomic E-state index is 0.159. The van der Waals surface area contributed by atoms with Crippen LogP contribution in [0.4, 0.5) is 5.82 Å². The fourth-order valence-electron chi connectivity index (χ4n) is 4.09. The SMILES string of the molecule is Cc1nc2ncnn2c(N2CCC([C@@H]3CC[C@H](C(N)=O)O3)CC2)c1C. The van der Waals surface area contributed by atoms with Crippen LogP contribution in [0.25, 0.3) is 5.78 Å². The van der Waals surface area contributed by atoms with Crippen molar-refractivity contribution in [3.63, 3.8) is 0 Å². The summed E-state index contributed by atoms with van der Waals surface area (Å²) in [4.78, 5) is 22.4. The van der Waals surface area contributed by atoms with Gasteiger partial charge >= 0.3 is 0 Å². The van der Waals surface area contributed by atoms with E-state index in [1.807, 2.05) is 11.4 Å². The Balaban J connectivity index is 1.49. The fraction of sp³-hybridized carbons (Fsp3) is 0.647. The lowest BCUT2D eigenvalue weighted by molar-refractivity contribution is -0.130. The number of aromatic nitrogens is 4. The molecule has 0 saturated carbocycles. The monoisotopic (exact) mass is 344 g/mol. The summed E-state index contributed by atoms with van der Waals surface area (Å²) in [7, 11) is 0. The van der Waals surface area contributed by atoms with E-state index in [4.69, 9.17) is 10.5 Å². The summed E-state index contributed by atoms with van der Waals surface area (Å²) in [5.74, 6) is 1.87. The van der Waals surface area contributed by atoms with Gasteiger partial charge in [-0.1, -0.05) is 0 Å². The average molecular weight is 344 g/mol.